The number of rotatable bonds is 3. The van der Waals surface area contributed by atoms with Gasteiger partial charge in [-0.1, -0.05) is 78.5 Å². The van der Waals surface area contributed by atoms with Gasteiger partial charge in [-0.3, -0.25) is 14.4 Å². The Bertz CT molecular complexity index is 1890. The summed E-state index contributed by atoms with van der Waals surface area (Å²) in [6.45, 7) is 0. The first-order valence-corrected chi connectivity index (χ1v) is 14.2. The number of hydrogen-bond donors (Lipinski definition) is 0. The Hall–Kier alpha value is -3.92. The van der Waals surface area contributed by atoms with E-state index in [9.17, 15) is 0 Å². The number of nitrogens with zero attached hydrogens (tertiary/aromatic N) is 4. The maximum absolute atomic E-state index is 6.68. The predicted molar refractivity (Wildman–Crippen MR) is 149 cm³/mol. The van der Waals surface area contributed by atoms with Crippen molar-refractivity contribution in [3.8, 4) is 0 Å². The molecular formula is C29H19N4PS. The van der Waals surface area contributed by atoms with E-state index < -0.39 is 6.04 Å². The van der Waals surface area contributed by atoms with E-state index in [1.165, 1.54) is 0 Å². The van der Waals surface area contributed by atoms with Gasteiger partial charge in [0.2, 0.25) is 0 Å². The standard InChI is InChI=1S/C29H19N4PS/c35-34(20-9-2-1-3-10-20,21-11-8-16-30-17-21)27-19-31-18-23-28(27)22-12-4-6-14-25(22)33-26-15-7-5-13-24(26)32-29(23)33/h1-19H. The van der Waals surface area contributed by atoms with Crippen LogP contribution in [0.15, 0.2) is 116 Å². The van der Waals surface area contributed by atoms with E-state index in [0.29, 0.717) is 0 Å². The molecule has 0 radical (unpaired) electrons. The van der Waals surface area contributed by atoms with Gasteiger partial charge in [-0.05, 0) is 29.6 Å². The smallest absolute Gasteiger partial charge is 0.147 e. The number of aromatic nitrogens is 4. The highest BCUT2D eigenvalue weighted by atomic mass is 32.4. The minimum Gasteiger partial charge on any atom is -0.292 e. The van der Waals surface area contributed by atoms with E-state index in [1.54, 1.807) is 6.20 Å². The molecule has 35 heavy (non-hydrogen) atoms. The van der Waals surface area contributed by atoms with E-state index in [-0.39, 0.29) is 0 Å². The molecule has 0 amide bonds. The van der Waals surface area contributed by atoms with Crippen molar-refractivity contribution in [1.29, 1.82) is 0 Å². The predicted octanol–water partition coefficient (Wildman–Crippen LogP) is 5.34. The van der Waals surface area contributed by atoms with Crippen molar-refractivity contribution < 1.29 is 0 Å². The molecule has 0 saturated heterocycles. The molecular weight excluding hydrogens is 467 g/mol. The van der Waals surface area contributed by atoms with Crippen LogP contribution in [0.4, 0.5) is 0 Å². The number of benzene rings is 3. The molecule has 0 aliphatic carbocycles. The molecule has 0 saturated carbocycles. The molecule has 4 nitrogen and oxygen atoms in total. The lowest BCUT2D eigenvalue weighted by atomic mass is 10.1. The van der Waals surface area contributed by atoms with Crippen LogP contribution in [0, 0.1) is 0 Å². The third-order valence-electron chi connectivity index (χ3n) is 6.61. The average molecular weight is 487 g/mol. The van der Waals surface area contributed by atoms with Crippen LogP contribution in [-0.2, 0) is 11.8 Å². The van der Waals surface area contributed by atoms with Gasteiger partial charge in [-0.2, -0.15) is 0 Å². The van der Waals surface area contributed by atoms with Gasteiger partial charge in [0.1, 0.15) is 5.65 Å². The maximum atomic E-state index is 6.68. The lowest BCUT2D eigenvalue weighted by Gasteiger charge is -2.25. The van der Waals surface area contributed by atoms with E-state index in [4.69, 9.17) is 21.8 Å². The van der Waals surface area contributed by atoms with Gasteiger partial charge in [-0.25, -0.2) is 4.98 Å². The van der Waals surface area contributed by atoms with Crippen molar-refractivity contribution in [2.45, 2.75) is 0 Å². The second kappa shape index (κ2) is 7.81. The van der Waals surface area contributed by atoms with Gasteiger partial charge in [0, 0.05) is 57.6 Å². The minimum absolute atomic E-state index is 0.898. The Kier molecular flexibility index (Phi) is 4.56. The number of imidazole rings is 1. The van der Waals surface area contributed by atoms with Gasteiger partial charge in [0.05, 0.1) is 16.6 Å². The monoisotopic (exact) mass is 486 g/mol. The molecule has 4 heterocycles. The fraction of sp³-hybridized carbons (Fsp3) is 0. The molecule has 1 unspecified atom stereocenters. The normalized spacial score (nSPS) is 13.5. The Morgan fingerprint density at radius 3 is 2.20 bits per heavy atom. The minimum atomic E-state index is -2.47. The molecule has 1 atom stereocenters. The maximum Gasteiger partial charge on any atom is 0.147 e. The summed E-state index contributed by atoms with van der Waals surface area (Å²) in [5.74, 6) is 0. The van der Waals surface area contributed by atoms with Crippen LogP contribution in [-0.4, -0.2) is 19.4 Å². The molecule has 0 N–H and O–H groups in total. The molecule has 3 aromatic carbocycles. The van der Waals surface area contributed by atoms with Crippen LogP contribution >= 0.6 is 6.04 Å². The molecule has 0 bridgehead atoms. The molecule has 0 aliphatic rings. The lowest BCUT2D eigenvalue weighted by Crippen LogP contribution is -2.26. The van der Waals surface area contributed by atoms with Crippen molar-refractivity contribution >= 4 is 72.1 Å². The van der Waals surface area contributed by atoms with Crippen LogP contribution in [0.3, 0.4) is 0 Å². The van der Waals surface area contributed by atoms with Gasteiger partial charge >= 0.3 is 0 Å². The summed E-state index contributed by atoms with van der Waals surface area (Å²) in [5.41, 5.74) is 4.05. The summed E-state index contributed by atoms with van der Waals surface area (Å²) in [4.78, 5) is 14.2. The van der Waals surface area contributed by atoms with Crippen molar-refractivity contribution in [2.24, 2.45) is 0 Å². The van der Waals surface area contributed by atoms with Crippen molar-refractivity contribution in [3.63, 3.8) is 0 Å². The second-order valence-electron chi connectivity index (χ2n) is 8.51. The van der Waals surface area contributed by atoms with Crippen LogP contribution in [0.5, 0.6) is 0 Å². The lowest BCUT2D eigenvalue weighted by molar-refractivity contribution is 1.30. The summed E-state index contributed by atoms with van der Waals surface area (Å²) >= 11 is 6.68. The van der Waals surface area contributed by atoms with Crippen LogP contribution in [0.25, 0.3) is 38.4 Å². The first-order valence-electron chi connectivity index (χ1n) is 11.4. The summed E-state index contributed by atoms with van der Waals surface area (Å²) < 4.78 is 2.24. The van der Waals surface area contributed by atoms with Gasteiger partial charge < -0.3 is 0 Å². The first kappa shape index (κ1) is 20.5. The van der Waals surface area contributed by atoms with Crippen LogP contribution in [0.2, 0.25) is 0 Å². The van der Waals surface area contributed by atoms with Gasteiger partial charge in [0.25, 0.3) is 0 Å². The molecule has 7 aromatic rings. The fourth-order valence-electron chi connectivity index (χ4n) is 5.08. The zero-order valence-electron chi connectivity index (χ0n) is 18.6. The van der Waals surface area contributed by atoms with Gasteiger partial charge in [-0.15, -0.1) is 0 Å². The number of fused-ring (bicyclic) bond motifs is 8. The Morgan fingerprint density at radius 2 is 1.37 bits per heavy atom. The van der Waals surface area contributed by atoms with E-state index in [1.807, 2.05) is 36.8 Å². The third-order valence-corrected chi connectivity index (χ3v) is 11.5. The number of pyridine rings is 3. The molecule has 6 heteroatoms. The highest BCUT2D eigenvalue weighted by molar-refractivity contribution is 8.25. The zero-order chi connectivity index (χ0) is 23.4. The highest BCUT2D eigenvalue weighted by Gasteiger charge is 2.29. The van der Waals surface area contributed by atoms with E-state index in [0.717, 1.165) is 54.3 Å². The molecule has 4 aromatic heterocycles. The van der Waals surface area contributed by atoms with Crippen molar-refractivity contribution in [1.82, 2.24) is 19.4 Å². The molecule has 0 spiro atoms. The Labute approximate surface area is 206 Å². The summed E-state index contributed by atoms with van der Waals surface area (Å²) in [6, 6.07) is 28.8. The molecule has 0 fully saturated rings. The van der Waals surface area contributed by atoms with E-state index >= 15 is 0 Å². The Balaban J connectivity index is 1.72. The largest absolute Gasteiger partial charge is 0.292 e. The van der Waals surface area contributed by atoms with Crippen LogP contribution < -0.4 is 15.9 Å². The molecule has 166 valence electrons. The van der Waals surface area contributed by atoms with Crippen molar-refractivity contribution in [3.05, 3.63) is 116 Å². The van der Waals surface area contributed by atoms with Crippen LogP contribution in [0.1, 0.15) is 0 Å². The summed E-state index contributed by atoms with van der Waals surface area (Å²) in [6.07, 6.45) is 7.61. The number of para-hydroxylation sites is 3. The first-order chi connectivity index (χ1) is 17.3. The Morgan fingerprint density at radius 1 is 0.629 bits per heavy atom. The number of hydrogen-bond acceptors (Lipinski definition) is 4. The highest BCUT2D eigenvalue weighted by Crippen LogP contribution is 2.46. The van der Waals surface area contributed by atoms with Gasteiger partial charge in [0.15, 0.2) is 0 Å². The fourth-order valence-corrected chi connectivity index (χ4v) is 8.94. The molecule has 0 aliphatic heterocycles. The quantitative estimate of drug-likeness (QED) is 0.250. The van der Waals surface area contributed by atoms with Crippen molar-refractivity contribution in [2.75, 3.05) is 0 Å². The summed E-state index contributed by atoms with van der Waals surface area (Å²) in [7, 11) is 0. The average Bonchev–Trinajstić information content (AvgIpc) is 3.33. The van der Waals surface area contributed by atoms with E-state index in [2.05, 4.69) is 82.2 Å². The molecule has 7 rings (SSSR count). The topological polar surface area (TPSA) is 43.1 Å². The summed E-state index contributed by atoms with van der Waals surface area (Å²) in [5, 5.41) is 6.50. The second-order valence-corrected chi connectivity index (χ2v) is 12.9. The third kappa shape index (κ3) is 2.92. The zero-order valence-corrected chi connectivity index (χ0v) is 20.3. The SMILES string of the molecule is S=P(c1ccccc1)(c1cccnc1)c1cncc2c1c1ccccc1n1c3ccccc3nc21.